The van der Waals surface area contributed by atoms with Crippen molar-refractivity contribution in [2.75, 3.05) is 34.7 Å². The third-order valence-corrected chi connectivity index (χ3v) is 6.75. The Morgan fingerprint density at radius 3 is 2.21 bits per heavy atom. The maximum atomic E-state index is 12.1. The highest BCUT2D eigenvalue weighted by Gasteiger charge is 2.45. The standard InChI is InChI=1S/C25H29NO7/c1-14(27)33-24-17-12-20-19(31-13-32-20)11-16(17)23(26-8-6-5-7-18(24)26)15-9-21(28-2)25(30-4)22(10-15)29-3/h9-12,18,23-24H,5-8,13H2,1-4H3/t18-,23+,24-/m1/s1. The van der Waals surface area contributed by atoms with Gasteiger partial charge in [0.2, 0.25) is 12.5 Å². The van der Waals surface area contributed by atoms with Crippen LogP contribution in [-0.2, 0) is 9.53 Å². The van der Waals surface area contributed by atoms with Gasteiger partial charge in [-0.25, -0.2) is 0 Å². The summed E-state index contributed by atoms with van der Waals surface area (Å²) < 4.78 is 34.1. The fourth-order valence-corrected chi connectivity index (χ4v) is 5.42. The van der Waals surface area contributed by atoms with Crippen molar-refractivity contribution < 1.29 is 33.2 Å². The molecule has 1 fully saturated rings. The van der Waals surface area contributed by atoms with Crippen LogP contribution in [-0.4, -0.2) is 51.6 Å². The molecule has 176 valence electrons. The Balaban J connectivity index is 1.72. The lowest BCUT2D eigenvalue weighted by Crippen LogP contribution is -2.50. The van der Waals surface area contributed by atoms with Gasteiger partial charge in [0.25, 0.3) is 0 Å². The van der Waals surface area contributed by atoms with E-state index in [0.29, 0.717) is 28.7 Å². The van der Waals surface area contributed by atoms with Gasteiger partial charge in [-0.2, -0.15) is 0 Å². The van der Waals surface area contributed by atoms with Gasteiger partial charge in [0.05, 0.1) is 33.4 Å². The number of ether oxygens (including phenoxy) is 6. The molecule has 0 N–H and O–H groups in total. The molecule has 1 saturated heterocycles. The molecule has 0 bridgehead atoms. The van der Waals surface area contributed by atoms with Crippen LogP contribution in [0.15, 0.2) is 24.3 Å². The molecule has 3 heterocycles. The van der Waals surface area contributed by atoms with E-state index in [-0.39, 0.29) is 30.9 Å². The highest BCUT2D eigenvalue weighted by Crippen LogP contribution is 2.52. The van der Waals surface area contributed by atoms with Crippen molar-refractivity contribution in [2.24, 2.45) is 0 Å². The number of esters is 1. The molecule has 3 aliphatic rings. The first-order valence-corrected chi connectivity index (χ1v) is 11.2. The molecule has 2 aromatic carbocycles. The van der Waals surface area contributed by atoms with Gasteiger partial charge in [0.15, 0.2) is 23.0 Å². The molecule has 8 nitrogen and oxygen atoms in total. The van der Waals surface area contributed by atoms with Crippen LogP contribution in [0.25, 0.3) is 0 Å². The highest BCUT2D eigenvalue weighted by molar-refractivity contribution is 5.67. The fourth-order valence-electron chi connectivity index (χ4n) is 5.42. The molecule has 5 rings (SSSR count). The second-order valence-corrected chi connectivity index (χ2v) is 8.53. The molecular formula is C25H29NO7. The van der Waals surface area contributed by atoms with Crippen LogP contribution in [0, 0.1) is 0 Å². The molecule has 0 aliphatic carbocycles. The van der Waals surface area contributed by atoms with E-state index in [0.717, 1.165) is 42.5 Å². The van der Waals surface area contributed by atoms with E-state index < -0.39 is 0 Å². The van der Waals surface area contributed by atoms with Gasteiger partial charge in [-0.1, -0.05) is 6.42 Å². The lowest BCUT2D eigenvalue weighted by atomic mass is 9.79. The molecule has 0 radical (unpaired) electrons. The molecule has 33 heavy (non-hydrogen) atoms. The summed E-state index contributed by atoms with van der Waals surface area (Å²) in [4.78, 5) is 14.5. The highest BCUT2D eigenvalue weighted by atomic mass is 16.7. The maximum absolute atomic E-state index is 12.1. The number of hydrogen-bond donors (Lipinski definition) is 0. The molecular weight excluding hydrogens is 426 g/mol. The van der Waals surface area contributed by atoms with Crippen molar-refractivity contribution >= 4 is 5.97 Å². The maximum Gasteiger partial charge on any atom is 0.303 e. The van der Waals surface area contributed by atoms with Crippen LogP contribution >= 0.6 is 0 Å². The van der Waals surface area contributed by atoms with E-state index >= 15 is 0 Å². The molecule has 3 aliphatic heterocycles. The number of piperidine rings is 1. The monoisotopic (exact) mass is 455 g/mol. The third kappa shape index (κ3) is 3.62. The summed E-state index contributed by atoms with van der Waals surface area (Å²) in [6.45, 7) is 2.53. The van der Waals surface area contributed by atoms with Gasteiger partial charge >= 0.3 is 5.97 Å². The molecule has 2 aromatic rings. The Morgan fingerprint density at radius 2 is 1.61 bits per heavy atom. The zero-order valence-corrected chi connectivity index (χ0v) is 19.4. The lowest BCUT2D eigenvalue weighted by molar-refractivity contribution is -0.153. The molecule has 3 atom stereocenters. The van der Waals surface area contributed by atoms with Crippen molar-refractivity contribution in [3.8, 4) is 28.7 Å². The minimum absolute atomic E-state index is 0.0552. The SMILES string of the molecule is COc1cc([C@H]2c3cc4c(cc3[C@@H](OC(C)=O)[C@H]3CCCCN23)OCO4)cc(OC)c1OC. The number of nitrogens with zero attached hydrogens (tertiary/aromatic N) is 1. The number of rotatable bonds is 5. The van der Waals surface area contributed by atoms with Crippen LogP contribution in [0.3, 0.4) is 0 Å². The first kappa shape index (κ1) is 21.7. The Hall–Kier alpha value is -3.13. The molecule has 0 saturated carbocycles. The summed E-state index contributed by atoms with van der Waals surface area (Å²) in [6, 6.07) is 7.95. The summed E-state index contributed by atoms with van der Waals surface area (Å²) in [5, 5.41) is 0. The van der Waals surface area contributed by atoms with Crippen LogP contribution < -0.4 is 23.7 Å². The van der Waals surface area contributed by atoms with E-state index in [9.17, 15) is 4.79 Å². The average Bonchev–Trinajstić information content (AvgIpc) is 3.29. The third-order valence-electron chi connectivity index (χ3n) is 6.75. The normalized spacial score (nSPS) is 23.3. The van der Waals surface area contributed by atoms with E-state index in [1.165, 1.54) is 6.92 Å². The summed E-state index contributed by atoms with van der Waals surface area (Å²) >= 11 is 0. The molecule has 0 unspecified atom stereocenters. The van der Waals surface area contributed by atoms with Crippen molar-refractivity contribution in [2.45, 2.75) is 44.4 Å². The first-order chi connectivity index (χ1) is 16.0. The first-order valence-electron chi connectivity index (χ1n) is 11.2. The number of methoxy groups -OCH3 is 3. The summed E-state index contributed by atoms with van der Waals surface area (Å²) in [5.41, 5.74) is 2.99. The zero-order valence-electron chi connectivity index (χ0n) is 19.4. The zero-order chi connectivity index (χ0) is 23.1. The van der Waals surface area contributed by atoms with Crippen molar-refractivity contribution in [1.82, 2.24) is 4.90 Å². The van der Waals surface area contributed by atoms with Gasteiger partial charge in [0.1, 0.15) is 6.10 Å². The van der Waals surface area contributed by atoms with E-state index in [1.54, 1.807) is 21.3 Å². The van der Waals surface area contributed by atoms with E-state index in [4.69, 9.17) is 28.4 Å². The van der Waals surface area contributed by atoms with Gasteiger partial charge < -0.3 is 28.4 Å². The number of fused-ring (bicyclic) bond motifs is 3. The van der Waals surface area contributed by atoms with Gasteiger partial charge in [-0.05, 0) is 54.8 Å². The van der Waals surface area contributed by atoms with E-state index in [2.05, 4.69) is 4.90 Å². The predicted molar refractivity (Wildman–Crippen MR) is 119 cm³/mol. The van der Waals surface area contributed by atoms with Gasteiger partial charge in [-0.3, -0.25) is 9.69 Å². The summed E-state index contributed by atoms with van der Waals surface area (Å²) in [7, 11) is 4.84. The topological polar surface area (TPSA) is 75.7 Å². The fraction of sp³-hybridized carbons (Fsp3) is 0.480. The van der Waals surface area contributed by atoms with Crippen molar-refractivity contribution in [1.29, 1.82) is 0 Å². The Kier molecular flexibility index (Phi) is 5.70. The smallest absolute Gasteiger partial charge is 0.303 e. The summed E-state index contributed by atoms with van der Waals surface area (Å²) in [5.74, 6) is 2.84. The molecule has 8 heteroatoms. The van der Waals surface area contributed by atoms with Crippen LogP contribution in [0.1, 0.15) is 55.0 Å². The Morgan fingerprint density at radius 1 is 0.939 bits per heavy atom. The lowest BCUT2D eigenvalue weighted by Gasteiger charge is -2.49. The molecule has 0 spiro atoms. The number of carbonyl (C=O) groups is 1. The van der Waals surface area contributed by atoms with Crippen LogP contribution in [0.5, 0.6) is 28.7 Å². The molecule has 0 amide bonds. The Bertz CT molecular complexity index is 1040. The van der Waals surface area contributed by atoms with Crippen molar-refractivity contribution in [3.63, 3.8) is 0 Å². The number of benzene rings is 2. The minimum Gasteiger partial charge on any atom is -0.493 e. The quantitative estimate of drug-likeness (QED) is 0.627. The second kappa shape index (κ2) is 8.67. The average molecular weight is 456 g/mol. The number of hydrogen-bond acceptors (Lipinski definition) is 8. The largest absolute Gasteiger partial charge is 0.493 e. The predicted octanol–water partition coefficient (Wildman–Crippen LogP) is 4.00. The minimum atomic E-state index is -0.370. The molecule has 0 aromatic heterocycles. The summed E-state index contributed by atoms with van der Waals surface area (Å²) in [6.07, 6.45) is 2.73. The van der Waals surface area contributed by atoms with Gasteiger partial charge in [0, 0.05) is 12.5 Å². The van der Waals surface area contributed by atoms with E-state index in [1.807, 2.05) is 24.3 Å². The number of carbonyl (C=O) groups excluding carboxylic acids is 1. The second-order valence-electron chi connectivity index (χ2n) is 8.53. The van der Waals surface area contributed by atoms with Crippen molar-refractivity contribution in [3.05, 3.63) is 41.0 Å². The van der Waals surface area contributed by atoms with Gasteiger partial charge in [-0.15, -0.1) is 0 Å². The Labute approximate surface area is 193 Å². The van der Waals surface area contributed by atoms with Crippen LogP contribution in [0.4, 0.5) is 0 Å². The van der Waals surface area contributed by atoms with Crippen LogP contribution in [0.2, 0.25) is 0 Å².